The van der Waals surface area contributed by atoms with E-state index in [9.17, 15) is 0 Å². The summed E-state index contributed by atoms with van der Waals surface area (Å²) in [5.74, 6) is 6.36. The monoisotopic (exact) mass is 262 g/mol. The SMILES string of the molecule is CCCc1ccc(C(CC(C)C(C)(C)C)NN)cc1. The molecule has 3 N–H and O–H groups in total. The molecule has 2 heteroatoms. The Kier molecular flexibility index (Phi) is 6.02. The highest BCUT2D eigenvalue weighted by molar-refractivity contribution is 5.25. The second-order valence-corrected chi connectivity index (χ2v) is 6.71. The Morgan fingerprint density at radius 2 is 1.74 bits per heavy atom. The highest BCUT2D eigenvalue weighted by Crippen LogP contribution is 2.33. The van der Waals surface area contributed by atoms with E-state index in [2.05, 4.69) is 64.3 Å². The molecule has 1 rings (SSSR count). The molecule has 0 spiro atoms. The van der Waals surface area contributed by atoms with Crippen molar-refractivity contribution in [3.05, 3.63) is 35.4 Å². The van der Waals surface area contributed by atoms with Gasteiger partial charge in [0.05, 0.1) is 0 Å². The van der Waals surface area contributed by atoms with Crippen molar-refractivity contribution in [2.75, 3.05) is 0 Å². The molecule has 19 heavy (non-hydrogen) atoms. The van der Waals surface area contributed by atoms with Crippen LogP contribution in [0.2, 0.25) is 0 Å². The van der Waals surface area contributed by atoms with E-state index in [1.165, 1.54) is 17.5 Å². The van der Waals surface area contributed by atoms with Crippen LogP contribution >= 0.6 is 0 Å². The molecule has 0 saturated heterocycles. The maximum absolute atomic E-state index is 5.74. The molecular weight excluding hydrogens is 232 g/mol. The first kappa shape index (κ1) is 16.2. The van der Waals surface area contributed by atoms with Crippen LogP contribution in [0.15, 0.2) is 24.3 Å². The van der Waals surface area contributed by atoms with Gasteiger partial charge in [-0.1, -0.05) is 65.3 Å². The molecule has 2 unspecified atom stereocenters. The van der Waals surface area contributed by atoms with Crippen molar-refractivity contribution in [3.8, 4) is 0 Å². The van der Waals surface area contributed by atoms with Crippen molar-refractivity contribution in [2.45, 2.75) is 59.9 Å². The van der Waals surface area contributed by atoms with Crippen LogP contribution in [0.4, 0.5) is 0 Å². The second-order valence-electron chi connectivity index (χ2n) is 6.71. The van der Waals surface area contributed by atoms with Crippen molar-refractivity contribution >= 4 is 0 Å². The quantitative estimate of drug-likeness (QED) is 0.595. The van der Waals surface area contributed by atoms with E-state index in [0.29, 0.717) is 11.3 Å². The molecule has 2 nitrogen and oxygen atoms in total. The summed E-state index contributed by atoms with van der Waals surface area (Å²) in [5.41, 5.74) is 5.99. The molecular formula is C17H30N2. The summed E-state index contributed by atoms with van der Waals surface area (Å²) in [7, 11) is 0. The summed E-state index contributed by atoms with van der Waals surface area (Å²) in [4.78, 5) is 0. The van der Waals surface area contributed by atoms with Crippen molar-refractivity contribution < 1.29 is 0 Å². The Bertz CT molecular complexity index is 362. The maximum Gasteiger partial charge on any atom is 0.0462 e. The van der Waals surface area contributed by atoms with Gasteiger partial charge in [0.25, 0.3) is 0 Å². The van der Waals surface area contributed by atoms with Crippen LogP contribution in [0.1, 0.15) is 64.6 Å². The fourth-order valence-corrected chi connectivity index (χ4v) is 2.21. The predicted molar refractivity (Wildman–Crippen MR) is 83.7 cm³/mol. The van der Waals surface area contributed by atoms with Crippen molar-refractivity contribution in [3.63, 3.8) is 0 Å². The van der Waals surface area contributed by atoms with Gasteiger partial charge in [-0.15, -0.1) is 0 Å². The molecule has 0 amide bonds. The Hall–Kier alpha value is -0.860. The Morgan fingerprint density at radius 3 is 2.16 bits per heavy atom. The first-order valence-electron chi connectivity index (χ1n) is 7.43. The van der Waals surface area contributed by atoms with Crippen LogP contribution in [0.25, 0.3) is 0 Å². The topological polar surface area (TPSA) is 38.0 Å². The van der Waals surface area contributed by atoms with Gasteiger partial charge >= 0.3 is 0 Å². The number of nitrogens with two attached hydrogens (primary N) is 1. The summed E-state index contributed by atoms with van der Waals surface area (Å²) in [6, 6.07) is 9.12. The molecule has 0 fully saturated rings. The van der Waals surface area contributed by atoms with Crippen LogP contribution in [0.5, 0.6) is 0 Å². The molecule has 108 valence electrons. The first-order valence-corrected chi connectivity index (χ1v) is 7.43. The zero-order valence-corrected chi connectivity index (χ0v) is 13.2. The molecule has 0 saturated carbocycles. The van der Waals surface area contributed by atoms with Crippen LogP contribution in [0, 0.1) is 11.3 Å². The van der Waals surface area contributed by atoms with Gasteiger partial charge < -0.3 is 0 Å². The van der Waals surface area contributed by atoms with Crippen LogP contribution in [-0.4, -0.2) is 0 Å². The first-order chi connectivity index (χ1) is 8.88. The number of hydrazine groups is 1. The highest BCUT2D eigenvalue weighted by atomic mass is 15.2. The highest BCUT2D eigenvalue weighted by Gasteiger charge is 2.23. The third kappa shape index (κ3) is 4.96. The summed E-state index contributed by atoms with van der Waals surface area (Å²) in [5, 5.41) is 0. The Balaban J connectivity index is 2.74. The van der Waals surface area contributed by atoms with E-state index in [4.69, 9.17) is 5.84 Å². The standard InChI is InChI=1S/C17H30N2/c1-6-7-14-8-10-15(11-9-14)16(19-18)12-13(2)17(3,4)5/h8-11,13,16,19H,6-7,12,18H2,1-5H3. The summed E-state index contributed by atoms with van der Waals surface area (Å²) in [6.45, 7) is 11.4. The third-order valence-electron chi connectivity index (χ3n) is 4.19. The van der Waals surface area contributed by atoms with Gasteiger partial charge in [0, 0.05) is 6.04 Å². The fourth-order valence-electron chi connectivity index (χ4n) is 2.21. The molecule has 0 bridgehead atoms. The van der Waals surface area contributed by atoms with E-state index in [-0.39, 0.29) is 6.04 Å². The van der Waals surface area contributed by atoms with Gasteiger partial charge in [-0.25, -0.2) is 0 Å². The van der Waals surface area contributed by atoms with E-state index in [1.807, 2.05) is 0 Å². The molecule has 1 aromatic rings. The van der Waals surface area contributed by atoms with Gasteiger partial charge in [0.1, 0.15) is 0 Å². The average Bonchev–Trinajstić information content (AvgIpc) is 2.36. The molecule has 0 aromatic heterocycles. The summed E-state index contributed by atoms with van der Waals surface area (Å²) >= 11 is 0. The van der Waals surface area contributed by atoms with E-state index in [1.54, 1.807) is 0 Å². The smallest absolute Gasteiger partial charge is 0.0462 e. The lowest BCUT2D eigenvalue weighted by molar-refractivity contribution is 0.223. The van der Waals surface area contributed by atoms with Crippen molar-refractivity contribution in [1.82, 2.24) is 5.43 Å². The zero-order valence-electron chi connectivity index (χ0n) is 13.2. The van der Waals surface area contributed by atoms with Crippen molar-refractivity contribution in [1.29, 1.82) is 0 Å². The van der Waals surface area contributed by atoms with Crippen LogP contribution < -0.4 is 11.3 Å². The van der Waals surface area contributed by atoms with E-state index < -0.39 is 0 Å². The summed E-state index contributed by atoms with van der Waals surface area (Å²) < 4.78 is 0. The van der Waals surface area contributed by atoms with Gasteiger partial charge in [0.2, 0.25) is 0 Å². The zero-order chi connectivity index (χ0) is 14.5. The number of hydrogen-bond acceptors (Lipinski definition) is 2. The number of benzene rings is 1. The molecule has 1 aromatic carbocycles. The minimum absolute atomic E-state index is 0.241. The fraction of sp³-hybridized carbons (Fsp3) is 0.647. The average molecular weight is 262 g/mol. The molecule has 0 radical (unpaired) electrons. The Labute approximate surface area is 118 Å². The minimum atomic E-state index is 0.241. The van der Waals surface area contributed by atoms with Crippen molar-refractivity contribution in [2.24, 2.45) is 17.2 Å². The van der Waals surface area contributed by atoms with E-state index >= 15 is 0 Å². The van der Waals surface area contributed by atoms with Gasteiger partial charge in [-0.2, -0.15) is 0 Å². The number of aryl methyl sites for hydroxylation is 1. The predicted octanol–water partition coefficient (Wildman–Crippen LogP) is 4.22. The maximum atomic E-state index is 5.74. The third-order valence-corrected chi connectivity index (χ3v) is 4.19. The van der Waals surface area contributed by atoms with Crippen LogP contribution in [0.3, 0.4) is 0 Å². The molecule has 0 heterocycles. The van der Waals surface area contributed by atoms with Gasteiger partial charge in [-0.05, 0) is 35.3 Å². The van der Waals surface area contributed by atoms with Gasteiger partial charge in [-0.3, -0.25) is 11.3 Å². The van der Waals surface area contributed by atoms with Crippen LogP contribution in [-0.2, 0) is 6.42 Å². The summed E-state index contributed by atoms with van der Waals surface area (Å²) in [6.07, 6.45) is 3.41. The lowest BCUT2D eigenvalue weighted by Crippen LogP contribution is -2.31. The molecule has 0 aliphatic carbocycles. The van der Waals surface area contributed by atoms with E-state index in [0.717, 1.165) is 12.8 Å². The molecule has 2 atom stereocenters. The number of hydrogen-bond donors (Lipinski definition) is 2. The number of nitrogens with one attached hydrogen (secondary N) is 1. The van der Waals surface area contributed by atoms with Gasteiger partial charge in [0.15, 0.2) is 0 Å². The largest absolute Gasteiger partial charge is 0.271 e. The second kappa shape index (κ2) is 7.06. The minimum Gasteiger partial charge on any atom is -0.271 e. The lowest BCUT2D eigenvalue weighted by atomic mass is 9.77. The normalized spacial score (nSPS) is 15.3. The Morgan fingerprint density at radius 1 is 1.16 bits per heavy atom. The molecule has 0 aliphatic heterocycles. The number of rotatable bonds is 6. The lowest BCUT2D eigenvalue weighted by Gasteiger charge is -2.30. The molecule has 0 aliphatic rings.